The third kappa shape index (κ3) is 4.13. The normalized spacial score (nSPS) is 17.1. The molecule has 3 rings (SSSR count). The molecule has 128 valence electrons. The number of rotatable bonds is 4. The number of aromatic hydroxyl groups is 2. The summed E-state index contributed by atoms with van der Waals surface area (Å²) in [6.07, 6.45) is 1.71. The summed E-state index contributed by atoms with van der Waals surface area (Å²) in [7, 11) is 0. The molecule has 3 N–H and O–H groups in total. The van der Waals surface area contributed by atoms with Crippen LogP contribution in [0, 0.1) is 0 Å². The summed E-state index contributed by atoms with van der Waals surface area (Å²) in [6.45, 7) is 2.27. The molecule has 0 saturated carbocycles. The highest BCUT2D eigenvalue weighted by Crippen LogP contribution is 2.31. The van der Waals surface area contributed by atoms with Crippen LogP contribution in [0.1, 0.15) is 12.5 Å². The highest BCUT2D eigenvalue weighted by molar-refractivity contribution is 8.18. The average molecular weight is 356 g/mol. The van der Waals surface area contributed by atoms with E-state index in [0.29, 0.717) is 28.1 Å². The Balaban J connectivity index is 1.81. The highest BCUT2D eigenvalue weighted by Gasteiger charge is 2.23. The van der Waals surface area contributed by atoms with Gasteiger partial charge in [0.15, 0.2) is 16.7 Å². The van der Waals surface area contributed by atoms with Crippen LogP contribution in [0.15, 0.2) is 52.4 Å². The SMILES string of the molecule is CCOc1cc(/C=C2\SC(=Nc3ccc(O)cc3)NC2=O)ccc1O. The lowest BCUT2D eigenvalue weighted by Crippen LogP contribution is -2.19. The van der Waals surface area contributed by atoms with Crippen molar-refractivity contribution in [3.8, 4) is 17.2 Å². The fourth-order valence-electron chi connectivity index (χ4n) is 2.17. The average Bonchev–Trinajstić information content (AvgIpc) is 2.92. The van der Waals surface area contributed by atoms with Crippen LogP contribution in [0.3, 0.4) is 0 Å². The first kappa shape index (κ1) is 16.9. The van der Waals surface area contributed by atoms with Crippen molar-refractivity contribution in [2.75, 3.05) is 6.61 Å². The molecule has 2 aromatic rings. The molecule has 1 heterocycles. The summed E-state index contributed by atoms with van der Waals surface area (Å²) >= 11 is 1.22. The minimum atomic E-state index is -0.242. The van der Waals surface area contributed by atoms with Gasteiger partial charge in [0.2, 0.25) is 0 Å². The van der Waals surface area contributed by atoms with Gasteiger partial charge in [-0.15, -0.1) is 0 Å². The van der Waals surface area contributed by atoms with Crippen LogP contribution >= 0.6 is 11.8 Å². The summed E-state index contributed by atoms with van der Waals surface area (Å²) in [5.41, 5.74) is 1.37. The van der Waals surface area contributed by atoms with Gasteiger partial charge in [-0.2, -0.15) is 0 Å². The van der Waals surface area contributed by atoms with Crippen molar-refractivity contribution < 1.29 is 19.7 Å². The summed E-state index contributed by atoms with van der Waals surface area (Å²) in [6, 6.07) is 11.3. The molecule has 1 aliphatic rings. The maximum absolute atomic E-state index is 12.1. The van der Waals surface area contributed by atoms with Crippen LogP contribution in [0.2, 0.25) is 0 Å². The van der Waals surface area contributed by atoms with Crippen molar-refractivity contribution in [2.45, 2.75) is 6.92 Å². The van der Waals surface area contributed by atoms with Gasteiger partial charge >= 0.3 is 0 Å². The Hall–Kier alpha value is -2.93. The number of hydrogen-bond acceptors (Lipinski definition) is 6. The van der Waals surface area contributed by atoms with Crippen molar-refractivity contribution in [3.63, 3.8) is 0 Å². The number of benzene rings is 2. The summed E-state index contributed by atoms with van der Waals surface area (Å²) in [5.74, 6) is 0.346. The second-order valence-electron chi connectivity index (χ2n) is 5.16. The quantitative estimate of drug-likeness (QED) is 0.731. The third-order valence-corrected chi connectivity index (χ3v) is 4.22. The van der Waals surface area contributed by atoms with Crippen LogP contribution < -0.4 is 10.1 Å². The number of carbonyl (C=O) groups excluding carboxylic acids is 1. The number of phenols is 2. The number of thioether (sulfide) groups is 1. The first-order valence-corrected chi connectivity index (χ1v) is 8.41. The molecule has 1 saturated heterocycles. The smallest absolute Gasteiger partial charge is 0.264 e. The second kappa shape index (κ2) is 7.31. The third-order valence-electron chi connectivity index (χ3n) is 3.31. The number of hydrogen-bond donors (Lipinski definition) is 3. The number of ether oxygens (including phenoxy) is 1. The van der Waals surface area contributed by atoms with Gasteiger partial charge < -0.3 is 20.3 Å². The van der Waals surface area contributed by atoms with Crippen molar-refractivity contribution in [2.24, 2.45) is 4.99 Å². The summed E-state index contributed by atoms with van der Waals surface area (Å²) < 4.78 is 5.35. The van der Waals surface area contributed by atoms with Gasteiger partial charge in [0.05, 0.1) is 17.2 Å². The van der Waals surface area contributed by atoms with Crippen LogP contribution in [0.5, 0.6) is 17.2 Å². The zero-order chi connectivity index (χ0) is 17.8. The fraction of sp³-hybridized carbons (Fsp3) is 0.111. The molecule has 0 bridgehead atoms. The minimum Gasteiger partial charge on any atom is -0.508 e. The Morgan fingerprint density at radius 1 is 1.20 bits per heavy atom. The summed E-state index contributed by atoms with van der Waals surface area (Å²) in [4.78, 5) is 16.9. The first-order valence-electron chi connectivity index (χ1n) is 7.59. The van der Waals surface area contributed by atoms with E-state index in [9.17, 15) is 15.0 Å². The molecule has 0 aromatic heterocycles. The Bertz CT molecular complexity index is 860. The number of nitrogens with one attached hydrogen (secondary N) is 1. The number of nitrogens with zero attached hydrogens (tertiary/aromatic N) is 1. The predicted molar refractivity (Wildman–Crippen MR) is 98.2 cm³/mol. The molecule has 0 atom stereocenters. The number of amidine groups is 1. The molecule has 0 aliphatic carbocycles. The van der Waals surface area contributed by atoms with Crippen LogP contribution in [-0.4, -0.2) is 27.9 Å². The molecule has 1 amide bonds. The van der Waals surface area contributed by atoms with E-state index in [1.165, 1.54) is 30.0 Å². The lowest BCUT2D eigenvalue weighted by Gasteiger charge is -2.06. The number of amides is 1. The molecule has 1 aliphatic heterocycles. The van der Waals surface area contributed by atoms with E-state index in [2.05, 4.69) is 10.3 Å². The van der Waals surface area contributed by atoms with Crippen LogP contribution in [0.25, 0.3) is 6.08 Å². The molecule has 1 fully saturated rings. The fourth-order valence-corrected chi connectivity index (χ4v) is 3.01. The van der Waals surface area contributed by atoms with Crippen molar-refractivity contribution in [1.82, 2.24) is 5.32 Å². The predicted octanol–water partition coefficient (Wildman–Crippen LogP) is 3.39. The first-order chi connectivity index (χ1) is 12.0. The van der Waals surface area contributed by atoms with E-state index in [1.54, 1.807) is 30.3 Å². The zero-order valence-corrected chi connectivity index (χ0v) is 14.2. The monoisotopic (exact) mass is 356 g/mol. The second-order valence-corrected chi connectivity index (χ2v) is 6.19. The van der Waals surface area contributed by atoms with Gasteiger partial charge in [0.1, 0.15) is 5.75 Å². The standard InChI is InChI=1S/C18H16N2O4S/c1-2-24-15-9-11(3-8-14(15)22)10-16-17(23)20-18(25-16)19-12-4-6-13(21)7-5-12/h3-10,21-22H,2H2,1H3,(H,19,20,23)/b16-10-. The molecular formula is C18H16N2O4S. The number of aliphatic imine (C=N–C) groups is 1. The van der Waals surface area contributed by atoms with Gasteiger partial charge in [-0.3, -0.25) is 4.79 Å². The molecule has 0 unspecified atom stereocenters. The molecule has 0 radical (unpaired) electrons. The van der Waals surface area contributed by atoms with E-state index in [-0.39, 0.29) is 17.4 Å². The van der Waals surface area contributed by atoms with Gasteiger partial charge in [-0.25, -0.2) is 4.99 Å². The van der Waals surface area contributed by atoms with Gasteiger partial charge in [0, 0.05) is 0 Å². The van der Waals surface area contributed by atoms with Crippen molar-refractivity contribution in [3.05, 3.63) is 52.9 Å². The van der Waals surface area contributed by atoms with Gasteiger partial charge in [-0.05, 0) is 66.7 Å². The van der Waals surface area contributed by atoms with Crippen LogP contribution in [0.4, 0.5) is 5.69 Å². The highest BCUT2D eigenvalue weighted by atomic mass is 32.2. The molecular weight excluding hydrogens is 340 g/mol. The topological polar surface area (TPSA) is 91.2 Å². The number of phenolic OH excluding ortho intramolecular Hbond substituents is 2. The maximum atomic E-state index is 12.1. The lowest BCUT2D eigenvalue weighted by molar-refractivity contribution is -0.115. The van der Waals surface area contributed by atoms with E-state index in [1.807, 2.05) is 6.92 Å². The molecule has 6 nitrogen and oxygen atoms in total. The zero-order valence-electron chi connectivity index (χ0n) is 13.4. The van der Waals surface area contributed by atoms with E-state index in [0.717, 1.165) is 5.56 Å². The molecule has 25 heavy (non-hydrogen) atoms. The molecule has 7 heteroatoms. The van der Waals surface area contributed by atoms with Gasteiger partial charge in [0.25, 0.3) is 5.91 Å². The Morgan fingerprint density at radius 3 is 2.68 bits per heavy atom. The Morgan fingerprint density at radius 2 is 1.96 bits per heavy atom. The lowest BCUT2D eigenvalue weighted by atomic mass is 10.2. The summed E-state index contributed by atoms with van der Waals surface area (Å²) in [5, 5.41) is 22.2. The van der Waals surface area contributed by atoms with E-state index >= 15 is 0 Å². The van der Waals surface area contributed by atoms with Gasteiger partial charge in [-0.1, -0.05) is 6.07 Å². The molecule has 2 aromatic carbocycles. The Labute approximate surface area is 148 Å². The molecule has 0 spiro atoms. The maximum Gasteiger partial charge on any atom is 0.264 e. The number of carbonyl (C=O) groups is 1. The van der Waals surface area contributed by atoms with E-state index < -0.39 is 0 Å². The van der Waals surface area contributed by atoms with Crippen molar-refractivity contribution >= 4 is 34.6 Å². The largest absolute Gasteiger partial charge is 0.508 e. The minimum absolute atomic E-state index is 0.0575. The van der Waals surface area contributed by atoms with E-state index in [4.69, 9.17) is 4.74 Å². The van der Waals surface area contributed by atoms with Crippen molar-refractivity contribution in [1.29, 1.82) is 0 Å². The Kier molecular flexibility index (Phi) is 4.95. The van der Waals surface area contributed by atoms with Crippen LogP contribution in [-0.2, 0) is 4.79 Å².